The third-order valence-electron chi connectivity index (χ3n) is 5.08. The van der Waals surface area contributed by atoms with E-state index in [2.05, 4.69) is 27.4 Å². The van der Waals surface area contributed by atoms with Gasteiger partial charge in [-0.25, -0.2) is 0 Å². The molecule has 2 N–H and O–H groups in total. The van der Waals surface area contributed by atoms with Crippen molar-refractivity contribution in [1.29, 1.82) is 0 Å². The number of ether oxygens (including phenoxy) is 1. The van der Waals surface area contributed by atoms with Crippen LogP contribution in [0.5, 0.6) is 5.75 Å². The van der Waals surface area contributed by atoms with Crippen molar-refractivity contribution in [2.75, 3.05) is 39.8 Å². The van der Waals surface area contributed by atoms with Crippen molar-refractivity contribution < 1.29 is 17.9 Å². The first-order valence-electron chi connectivity index (χ1n) is 10.3. The molecular formula is C21H33F3N4O. The summed E-state index contributed by atoms with van der Waals surface area (Å²) < 4.78 is 41.2. The van der Waals surface area contributed by atoms with E-state index in [-0.39, 0.29) is 5.75 Å². The molecular weight excluding hydrogens is 381 g/mol. The molecule has 1 heterocycles. The van der Waals surface area contributed by atoms with Gasteiger partial charge >= 0.3 is 6.18 Å². The van der Waals surface area contributed by atoms with Gasteiger partial charge < -0.3 is 20.3 Å². The predicted molar refractivity (Wildman–Crippen MR) is 110 cm³/mol. The summed E-state index contributed by atoms with van der Waals surface area (Å²) in [5, 5.41) is 6.52. The summed E-state index contributed by atoms with van der Waals surface area (Å²) in [5.41, 5.74) is 0.937. The van der Waals surface area contributed by atoms with E-state index >= 15 is 0 Å². The molecule has 1 aliphatic rings. The highest BCUT2D eigenvalue weighted by atomic mass is 19.4. The minimum atomic E-state index is -4.33. The van der Waals surface area contributed by atoms with Gasteiger partial charge in [-0.2, -0.15) is 13.2 Å². The summed E-state index contributed by atoms with van der Waals surface area (Å²) >= 11 is 0. The first-order chi connectivity index (χ1) is 13.9. The summed E-state index contributed by atoms with van der Waals surface area (Å²) in [6, 6.07) is 6.57. The largest absolute Gasteiger partial charge is 0.484 e. The number of unbranched alkanes of at least 4 members (excludes halogenated alkanes) is 1. The number of likely N-dealkylation sites (tertiary alicyclic amines) is 1. The summed E-state index contributed by atoms with van der Waals surface area (Å²) in [5.74, 6) is 1.79. The molecule has 1 fully saturated rings. The molecule has 2 rings (SSSR count). The molecule has 1 aromatic carbocycles. The van der Waals surface area contributed by atoms with Crippen LogP contribution in [0.3, 0.4) is 0 Å². The third kappa shape index (κ3) is 9.87. The van der Waals surface area contributed by atoms with E-state index in [4.69, 9.17) is 4.74 Å². The first-order valence-corrected chi connectivity index (χ1v) is 10.3. The lowest BCUT2D eigenvalue weighted by molar-refractivity contribution is -0.153. The Morgan fingerprint density at radius 2 is 1.83 bits per heavy atom. The SMILES string of the molecule is CN=C(NCCCCN1CCC(C)CC1)NCc1ccc(OCC(F)(F)F)cc1. The maximum absolute atomic E-state index is 12.2. The zero-order chi connectivity index (χ0) is 21.1. The number of benzene rings is 1. The van der Waals surface area contributed by atoms with E-state index in [1.165, 1.54) is 25.9 Å². The molecule has 8 heteroatoms. The second-order valence-electron chi connectivity index (χ2n) is 7.63. The van der Waals surface area contributed by atoms with Crippen LogP contribution in [-0.2, 0) is 6.54 Å². The molecule has 1 aliphatic heterocycles. The molecule has 5 nitrogen and oxygen atoms in total. The van der Waals surface area contributed by atoms with Crippen molar-refractivity contribution in [3.8, 4) is 5.75 Å². The summed E-state index contributed by atoms with van der Waals surface area (Å²) in [6.45, 7) is 6.03. The quantitative estimate of drug-likeness (QED) is 0.367. The standard InChI is InChI=1S/C21H33F3N4O/c1-17-9-13-28(14-10-17)12-4-3-11-26-20(25-2)27-15-18-5-7-19(8-6-18)29-16-21(22,23)24/h5-8,17H,3-4,9-16H2,1-2H3,(H2,25,26,27). The van der Waals surface area contributed by atoms with E-state index in [1.807, 2.05) is 0 Å². The minimum Gasteiger partial charge on any atom is -0.484 e. The van der Waals surface area contributed by atoms with E-state index in [0.717, 1.165) is 37.4 Å². The van der Waals surface area contributed by atoms with Crippen molar-refractivity contribution >= 4 is 5.96 Å². The van der Waals surface area contributed by atoms with Crippen molar-refractivity contribution in [3.63, 3.8) is 0 Å². The number of halogens is 3. The highest BCUT2D eigenvalue weighted by Gasteiger charge is 2.28. The Morgan fingerprint density at radius 1 is 1.14 bits per heavy atom. The number of aliphatic imine (C=N–C) groups is 1. The van der Waals surface area contributed by atoms with E-state index in [0.29, 0.717) is 12.5 Å². The van der Waals surface area contributed by atoms with E-state index in [9.17, 15) is 13.2 Å². The number of piperidine rings is 1. The van der Waals surface area contributed by atoms with Crippen molar-refractivity contribution in [2.45, 2.75) is 45.3 Å². The third-order valence-corrected chi connectivity index (χ3v) is 5.08. The lowest BCUT2D eigenvalue weighted by Gasteiger charge is -2.30. The molecule has 0 saturated carbocycles. The first kappa shape index (κ1) is 23.3. The number of nitrogens with one attached hydrogen (secondary N) is 2. The van der Waals surface area contributed by atoms with Crippen LogP contribution >= 0.6 is 0 Å². The fourth-order valence-corrected chi connectivity index (χ4v) is 3.23. The fourth-order valence-electron chi connectivity index (χ4n) is 3.23. The van der Waals surface area contributed by atoms with Crippen LogP contribution in [0, 0.1) is 5.92 Å². The average molecular weight is 415 g/mol. The summed E-state index contributed by atoms with van der Waals surface area (Å²) in [4.78, 5) is 6.76. The Morgan fingerprint density at radius 3 is 2.45 bits per heavy atom. The molecule has 0 radical (unpaired) electrons. The van der Waals surface area contributed by atoms with Gasteiger partial charge in [0.2, 0.25) is 0 Å². The summed E-state index contributed by atoms with van der Waals surface area (Å²) in [6.07, 6.45) is 0.537. The number of hydrogen-bond acceptors (Lipinski definition) is 3. The second kappa shape index (κ2) is 11.9. The minimum absolute atomic E-state index is 0.205. The van der Waals surface area contributed by atoms with Crippen LogP contribution in [0.15, 0.2) is 29.3 Å². The fraction of sp³-hybridized carbons (Fsp3) is 0.667. The van der Waals surface area contributed by atoms with E-state index < -0.39 is 12.8 Å². The highest BCUT2D eigenvalue weighted by Crippen LogP contribution is 2.19. The molecule has 0 bridgehead atoms. The molecule has 1 saturated heterocycles. The molecule has 0 aromatic heterocycles. The van der Waals surface area contributed by atoms with Gasteiger partial charge in [-0.1, -0.05) is 19.1 Å². The van der Waals surface area contributed by atoms with Gasteiger partial charge in [0.05, 0.1) is 0 Å². The molecule has 29 heavy (non-hydrogen) atoms. The Bertz CT molecular complexity index is 611. The van der Waals surface area contributed by atoms with Crippen LogP contribution in [0.4, 0.5) is 13.2 Å². The monoisotopic (exact) mass is 414 g/mol. The molecule has 0 amide bonds. The van der Waals surface area contributed by atoms with Gasteiger partial charge in [0.1, 0.15) is 5.75 Å². The number of alkyl halides is 3. The Labute approximate surface area is 171 Å². The van der Waals surface area contributed by atoms with Gasteiger partial charge in [-0.05, 0) is 68.9 Å². The topological polar surface area (TPSA) is 48.9 Å². The second-order valence-corrected chi connectivity index (χ2v) is 7.63. The molecule has 0 unspecified atom stereocenters. The Kier molecular flexibility index (Phi) is 9.57. The Hall–Kier alpha value is -1.96. The maximum atomic E-state index is 12.2. The van der Waals surface area contributed by atoms with Crippen molar-refractivity contribution in [2.24, 2.45) is 10.9 Å². The number of rotatable bonds is 9. The summed E-state index contributed by atoms with van der Waals surface area (Å²) in [7, 11) is 1.72. The van der Waals surface area contributed by atoms with Crippen molar-refractivity contribution in [1.82, 2.24) is 15.5 Å². The molecule has 0 aliphatic carbocycles. The number of guanidine groups is 1. The maximum Gasteiger partial charge on any atom is 0.422 e. The Balaban J connectivity index is 1.59. The normalized spacial score (nSPS) is 16.7. The zero-order valence-corrected chi connectivity index (χ0v) is 17.4. The average Bonchev–Trinajstić information content (AvgIpc) is 2.70. The smallest absolute Gasteiger partial charge is 0.422 e. The van der Waals surface area contributed by atoms with Crippen LogP contribution < -0.4 is 15.4 Å². The van der Waals surface area contributed by atoms with Gasteiger partial charge in [0.25, 0.3) is 0 Å². The molecule has 164 valence electrons. The molecule has 0 atom stereocenters. The van der Waals surface area contributed by atoms with Crippen LogP contribution in [0.25, 0.3) is 0 Å². The lowest BCUT2D eigenvalue weighted by Crippen LogP contribution is -2.38. The molecule has 0 spiro atoms. The molecule has 1 aromatic rings. The van der Waals surface area contributed by atoms with Gasteiger partial charge in [0.15, 0.2) is 12.6 Å². The van der Waals surface area contributed by atoms with Crippen LogP contribution in [0.1, 0.15) is 38.2 Å². The number of hydrogen-bond donors (Lipinski definition) is 2. The van der Waals surface area contributed by atoms with E-state index in [1.54, 1.807) is 31.3 Å². The zero-order valence-electron chi connectivity index (χ0n) is 17.4. The van der Waals surface area contributed by atoms with Gasteiger partial charge in [-0.3, -0.25) is 4.99 Å². The lowest BCUT2D eigenvalue weighted by atomic mass is 9.99. The van der Waals surface area contributed by atoms with Gasteiger partial charge in [0, 0.05) is 20.1 Å². The van der Waals surface area contributed by atoms with Gasteiger partial charge in [-0.15, -0.1) is 0 Å². The predicted octanol–water partition coefficient (Wildman–Crippen LogP) is 3.80. The van der Waals surface area contributed by atoms with Crippen LogP contribution in [0.2, 0.25) is 0 Å². The van der Waals surface area contributed by atoms with Crippen molar-refractivity contribution in [3.05, 3.63) is 29.8 Å². The highest BCUT2D eigenvalue weighted by molar-refractivity contribution is 5.79. The van der Waals surface area contributed by atoms with Crippen LogP contribution in [-0.4, -0.2) is 56.9 Å². The number of nitrogens with zero attached hydrogens (tertiary/aromatic N) is 2.